The van der Waals surface area contributed by atoms with Gasteiger partial charge in [0.05, 0.1) is 6.20 Å². The van der Waals surface area contributed by atoms with Gasteiger partial charge in [0.2, 0.25) is 5.95 Å². The second kappa shape index (κ2) is 8.44. The second-order valence-electron chi connectivity index (χ2n) is 5.26. The first-order valence-electron chi connectivity index (χ1n) is 7.92. The maximum atomic E-state index is 5.77. The zero-order chi connectivity index (χ0) is 17.3. The van der Waals surface area contributed by atoms with Crippen LogP contribution in [0, 0.1) is 0 Å². The summed E-state index contributed by atoms with van der Waals surface area (Å²) in [6, 6.07) is 17.7. The standard InChI is InChI=1S/C19H19N5O/c1-2-12-20-18-13-21-24-19(23-18)22-16-8-10-17(11-9-16)25-14-15-6-4-3-5-7-15/h2-11,13H,1,12,14H2,(H2,20,22,23,24). The molecule has 6 heteroatoms. The minimum absolute atomic E-state index is 0.423. The summed E-state index contributed by atoms with van der Waals surface area (Å²) in [5.74, 6) is 1.86. The Hall–Kier alpha value is -3.41. The molecule has 2 N–H and O–H groups in total. The highest BCUT2D eigenvalue weighted by Crippen LogP contribution is 2.19. The predicted molar refractivity (Wildman–Crippen MR) is 99.0 cm³/mol. The third kappa shape index (κ3) is 5.04. The van der Waals surface area contributed by atoms with Crippen LogP contribution >= 0.6 is 0 Å². The molecule has 0 amide bonds. The topological polar surface area (TPSA) is 72.0 Å². The lowest BCUT2D eigenvalue weighted by molar-refractivity contribution is 0.306. The molecule has 1 heterocycles. The van der Waals surface area contributed by atoms with E-state index in [9.17, 15) is 0 Å². The normalized spacial score (nSPS) is 10.1. The van der Waals surface area contributed by atoms with Crippen LogP contribution in [-0.4, -0.2) is 21.7 Å². The van der Waals surface area contributed by atoms with Gasteiger partial charge >= 0.3 is 0 Å². The number of aromatic nitrogens is 3. The molecule has 0 spiro atoms. The van der Waals surface area contributed by atoms with Crippen molar-refractivity contribution in [3.63, 3.8) is 0 Å². The highest BCUT2D eigenvalue weighted by molar-refractivity contribution is 5.55. The Morgan fingerprint density at radius 1 is 1.04 bits per heavy atom. The summed E-state index contributed by atoms with van der Waals surface area (Å²) in [6.45, 7) is 4.81. The minimum atomic E-state index is 0.423. The fraction of sp³-hybridized carbons (Fsp3) is 0.105. The molecule has 0 aliphatic heterocycles. The number of rotatable bonds is 8. The van der Waals surface area contributed by atoms with Crippen molar-refractivity contribution in [3.8, 4) is 5.75 Å². The van der Waals surface area contributed by atoms with Crippen molar-refractivity contribution in [2.45, 2.75) is 6.61 Å². The summed E-state index contributed by atoms with van der Waals surface area (Å²) < 4.78 is 5.77. The van der Waals surface area contributed by atoms with Gasteiger partial charge in [-0.2, -0.15) is 10.1 Å². The van der Waals surface area contributed by atoms with Crippen molar-refractivity contribution >= 4 is 17.5 Å². The highest BCUT2D eigenvalue weighted by Gasteiger charge is 2.02. The largest absolute Gasteiger partial charge is 0.489 e. The van der Waals surface area contributed by atoms with E-state index in [-0.39, 0.29) is 0 Å². The van der Waals surface area contributed by atoms with Gasteiger partial charge in [-0.05, 0) is 29.8 Å². The summed E-state index contributed by atoms with van der Waals surface area (Å²) in [5, 5.41) is 14.1. The minimum Gasteiger partial charge on any atom is -0.489 e. The molecule has 0 fully saturated rings. The van der Waals surface area contributed by atoms with Crippen molar-refractivity contribution in [3.05, 3.63) is 79.0 Å². The Morgan fingerprint density at radius 3 is 2.60 bits per heavy atom. The van der Waals surface area contributed by atoms with Gasteiger partial charge in [-0.15, -0.1) is 11.7 Å². The lowest BCUT2D eigenvalue weighted by atomic mass is 10.2. The summed E-state index contributed by atoms with van der Waals surface area (Å²) in [7, 11) is 0. The van der Waals surface area contributed by atoms with Crippen molar-refractivity contribution < 1.29 is 4.74 Å². The third-order valence-electron chi connectivity index (χ3n) is 3.35. The molecule has 0 atom stereocenters. The zero-order valence-corrected chi connectivity index (χ0v) is 13.7. The van der Waals surface area contributed by atoms with Gasteiger partial charge in [-0.25, -0.2) is 0 Å². The van der Waals surface area contributed by atoms with Crippen LogP contribution in [0.5, 0.6) is 5.75 Å². The van der Waals surface area contributed by atoms with Crippen molar-refractivity contribution in [1.29, 1.82) is 0 Å². The van der Waals surface area contributed by atoms with Crippen molar-refractivity contribution in [2.24, 2.45) is 0 Å². The molecule has 0 unspecified atom stereocenters. The summed E-state index contributed by atoms with van der Waals surface area (Å²) >= 11 is 0. The van der Waals surface area contributed by atoms with E-state index >= 15 is 0 Å². The molecule has 0 saturated heterocycles. The number of ether oxygens (including phenoxy) is 1. The summed E-state index contributed by atoms with van der Waals surface area (Å²) in [6.07, 6.45) is 3.32. The molecule has 0 bridgehead atoms. The molecule has 0 aliphatic carbocycles. The average molecular weight is 333 g/mol. The maximum absolute atomic E-state index is 5.77. The van der Waals surface area contributed by atoms with Crippen LogP contribution in [0.3, 0.4) is 0 Å². The smallest absolute Gasteiger partial charge is 0.249 e. The van der Waals surface area contributed by atoms with E-state index in [0.717, 1.165) is 17.0 Å². The summed E-state index contributed by atoms with van der Waals surface area (Å²) in [4.78, 5) is 4.33. The first-order valence-corrected chi connectivity index (χ1v) is 7.92. The SMILES string of the molecule is C=CCNc1cnnc(Nc2ccc(OCc3ccccc3)cc2)n1. The molecule has 0 radical (unpaired) electrons. The fourth-order valence-electron chi connectivity index (χ4n) is 2.12. The summed E-state index contributed by atoms with van der Waals surface area (Å²) in [5.41, 5.74) is 1.99. The Bertz CT molecular complexity index is 806. The van der Waals surface area contributed by atoms with Crippen LogP contribution in [0.1, 0.15) is 5.56 Å². The van der Waals surface area contributed by atoms with Gasteiger partial charge in [0.25, 0.3) is 0 Å². The quantitative estimate of drug-likeness (QED) is 0.611. The van der Waals surface area contributed by atoms with Crippen molar-refractivity contribution in [1.82, 2.24) is 15.2 Å². The molecule has 3 rings (SSSR count). The van der Waals surface area contributed by atoms with E-state index in [4.69, 9.17) is 4.74 Å². The van der Waals surface area contributed by atoms with Gasteiger partial charge in [-0.3, -0.25) is 0 Å². The van der Waals surface area contributed by atoms with E-state index < -0.39 is 0 Å². The second-order valence-corrected chi connectivity index (χ2v) is 5.26. The Morgan fingerprint density at radius 2 is 1.84 bits per heavy atom. The highest BCUT2D eigenvalue weighted by atomic mass is 16.5. The first kappa shape index (κ1) is 16.4. The zero-order valence-electron chi connectivity index (χ0n) is 13.7. The number of hydrogen-bond acceptors (Lipinski definition) is 6. The van der Waals surface area contributed by atoms with Crippen molar-refractivity contribution in [2.75, 3.05) is 17.2 Å². The molecule has 1 aromatic heterocycles. The number of nitrogens with one attached hydrogen (secondary N) is 2. The van der Waals surface area contributed by atoms with E-state index in [1.54, 1.807) is 12.3 Å². The number of hydrogen-bond donors (Lipinski definition) is 2. The maximum Gasteiger partial charge on any atom is 0.249 e. The lowest BCUT2D eigenvalue weighted by Crippen LogP contribution is -2.05. The molecule has 2 aromatic carbocycles. The van der Waals surface area contributed by atoms with Gasteiger partial charge in [0, 0.05) is 12.2 Å². The third-order valence-corrected chi connectivity index (χ3v) is 3.35. The van der Waals surface area contributed by atoms with E-state index in [2.05, 4.69) is 32.4 Å². The van der Waals surface area contributed by atoms with Gasteiger partial charge in [0.15, 0.2) is 5.82 Å². The Labute approximate surface area is 146 Å². The number of nitrogens with zero attached hydrogens (tertiary/aromatic N) is 3. The number of anilines is 3. The monoisotopic (exact) mass is 333 g/mol. The molecule has 25 heavy (non-hydrogen) atoms. The van der Waals surface area contributed by atoms with Gasteiger partial charge in [0.1, 0.15) is 12.4 Å². The van der Waals surface area contributed by atoms with Gasteiger partial charge < -0.3 is 15.4 Å². The van der Waals surface area contributed by atoms with Crippen LogP contribution in [0.4, 0.5) is 17.5 Å². The Balaban J connectivity index is 1.58. The van der Waals surface area contributed by atoms with Crippen LogP contribution in [0.2, 0.25) is 0 Å². The average Bonchev–Trinajstić information content (AvgIpc) is 2.67. The molecular weight excluding hydrogens is 314 g/mol. The Kier molecular flexibility index (Phi) is 5.56. The molecule has 126 valence electrons. The molecule has 0 saturated carbocycles. The number of benzene rings is 2. The van der Waals surface area contributed by atoms with Gasteiger partial charge in [-0.1, -0.05) is 36.4 Å². The molecule has 6 nitrogen and oxygen atoms in total. The predicted octanol–water partition coefficient (Wildman–Crippen LogP) is 3.79. The first-order chi connectivity index (χ1) is 12.3. The van der Waals surface area contributed by atoms with Crippen LogP contribution in [0.15, 0.2) is 73.4 Å². The molecule has 0 aliphatic rings. The van der Waals surface area contributed by atoms with E-state index in [1.165, 1.54) is 0 Å². The van der Waals surface area contributed by atoms with Crippen LogP contribution in [0.25, 0.3) is 0 Å². The van der Waals surface area contributed by atoms with Crippen LogP contribution < -0.4 is 15.4 Å². The van der Waals surface area contributed by atoms with E-state index in [1.807, 2.05) is 54.6 Å². The fourth-order valence-corrected chi connectivity index (χ4v) is 2.12. The van der Waals surface area contributed by atoms with Crippen LogP contribution in [-0.2, 0) is 6.61 Å². The lowest BCUT2D eigenvalue weighted by Gasteiger charge is -2.09. The molecule has 3 aromatic rings. The molecular formula is C19H19N5O. The van der Waals surface area contributed by atoms with E-state index in [0.29, 0.717) is 24.9 Å².